The molecule has 3 heterocycles. The minimum absolute atomic E-state index is 0.0289. The molecule has 27 heavy (non-hydrogen) atoms. The van der Waals surface area contributed by atoms with Crippen molar-refractivity contribution in [1.82, 2.24) is 10.2 Å². The predicted octanol–water partition coefficient (Wildman–Crippen LogP) is 2.73. The highest BCUT2D eigenvalue weighted by atomic mass is 32.1. The molecule has 0 spiro atoms. The Bertz CT molecular complexity index is 802. The molecule has 2 fully saturated rings. The second-order valence-electron chi connectivity index (χ2n) is 6.90. The Labute approximate surface area is 162 Å². The Kier molecular flexibility index (Phi) is 5.40. The third-order valence-corrected chi connectivity index (χ3v) is 5.90. The summed E-state index contributed by atoms with van der Waals surface area (Å²) in [5.41, 5.74) is 0. The maximum atomic E-state index is 12.5. The van der Waals surface area contributed by atoms with Crippen molar-refractivity contribution < 1.29 is 14.3 Å². The summed E-state index contributed by atoms with van der Waals surface area (Å²) in [5, 5.41) is 6.84. The molecule has 2 saturated heterocycles. The van der Waals surface area contributed by atoms with Crippen LogP contribution in [0.3, 0.4) is 0 Å². The number of anilines is 1. The van der Waals surface area contributed by atoms with Crippen LogP contribution < -0.4 is 15.4 Å². The van der Waals surface area contributed by atoms with Crippen LogP contribution in [0.25, 0.3) is 0 Å². The number of hydrogen-bond acceptors (Lipinski definition) is 5. The van der Waals surface area contributed by atoms with E-state index in [0.29, 0.717) is 22.8 Å². The summed E-state index contributed by atoms with van der Waals surface area (Å²) in [6.45, 7) is 2.29. The van der Waals surface area contributed by atoms with Crippen LogP contribution in [-0.4, -0.2) is 48.5 Å². The first-order valence-electron chi connectivity index (χ1n) is 9.34. The number of ether oxygens (including phenoxy) is 1. The van der Waals surface area contributed by atoms with Gasteiger partial charge in [-0.25, -0.2) is 0 Å². The van der Waals surface area contributed by atoms with E-state index in [4.69, 9.17) is 4.74 Å². The monoisotopic (exact) mass is 385 g/mol. The second kappa shape index (κ2) is 8.10. The van der Waals surface area contributed by atoms with Crippen molar-refractivity contribution in [2.45, 2.75) is 31.4 Å². The molecule has 2 aliphatic rings. The van der Waals surface area contributed by atoms with Crippen LogP contribution in [0.1, 0.15) is 28.9 Å². The van der Waals surface area contributed by atoms with E-state index in [1.165, 1.54) is 11.3 Å². The summed E-state index contributed by atoms with van der Waals surface area (Å²) in [4.78, 5) is 27.5. The van der Waals surface area contributed by atoms with Crippen LogP contribution in [0.2, 0.25) is 0 Å². The van der Waals surface area contributed by atoms with Crippen molar-refractivity contribution in [2.24, 2.45) is 0 Å². The first kappa shape index (κ1) is 18.0. The maximum Gasteiger partial charge on any atom is 0.263 e. The number of carbonyl (C=O) groups excluding carboxylic acids is 2. The smallest absolute Gasteiger partial charge is 0.263 e. The van der Waals surface area contributed by atoms with Crippen LogP contribution in [0.4, 0.5) is 5.00 Å². The van der Waals surface area contributed by atoms with Gasteiger partial charge in [0.05, 0.1) is 15.9 Å². The van der Waals surface area contributed by atoms with Gasteiger partial charge in [0.1, 0.15) is 11.9 Å². The number of likely N-dealkylation sites (tertiary alicyclic amines) is 1. The molecule has 2 amide bonds. The number of hydrogen-bond donors (Lipinski definition) is 2. The fourth-order valence-corrected chi connectivity index (χ4v) is 4.37. The summed E-state index contributed by atoms with van der Waals surface area (Å²) < 4.78 is 5.91. The van der Waals surface area contributed by atoms with Crippen LogP contribution in [0.5, 0.6) is 5.75 Å². The van der Waals surface area contributed by atoms with Gasteiger partial charge in [0, 0.05) is 26.1 Å². The zero-order valence-electron chi connectivity index (χ0n) is 15.0. The third-order valence-electron chi connectivity index (χ3n) is 4.91. The highest BCUT2D eigenvalue weighted by molar-refractivity contribution is 7.18. The van der Waals surface area contributed by atoms with E-state index in [2.05, 4.69) is 10.6 Å². The van der Waals surface area contributed by atoms with Gasteiger partial charge in [0.25, 0.3) is 5.91 Å². The average molecular weight is 385 g/mol. The van der Waals surface area contributed by atoms with Gasteiger partial charge < -0.3 is 20.3 Å². The SMILES string of the molecule is O=C(Nc1ccc(C(=O)N2CCCC2)s1)[C@@H]1C[C@H](Oc2ccccc2)CN1. The molecule has 1 aromatic carbocycles. The van der Waals surface area contributed by atoms with Gasteiger partial charge >= 0.3 is 0 Å². The van der Waals surface area contributed by atoms with Crippen LogP contribution in [0.15, 0.2) is 42.5 Å². The number of para-hydroxylation sites is 1. The summed E-state index contributed by atoms with van der Waals surface area (Å²) >= 11 is 1.34. The normalized spacial score (nSPS) is 22.0. The van der Waals surface area contributed by atoms with Crippen molar-refractivity contribution in [3.05, 3.63) is 47.3 Å². The number of thiophene rings is 1. The Balaban J connectivity index is 1.30. The van der Waals surface area contributed by atoms with Gasteiger partial charge in [-0.3, -0.25) is 9.59 Å². The lowest BCUT2D eigenvalue weighted by atomic mass is 10.2. The zero-order chi connectivity index (χ0) is 18.6. The molecule has 142 valence electrons. The molecule has 1 aromatic heterocycles. The molecule has 4 rings (SSSR count). The first-order chi connectivity index (χ1) is 13.2. The minimum atomic E-state index is -0.293. The lowest BCUT2D eigenvalue weighted by molar-refractivity contribution is -0.117. The number of amides is 2. The summed E-state index contributed by atoms with van der Waals surface area (Å²) in [5.74, 6) is 0.790. The minimum Gasteiger partial charge on any atom is -0.489 e. The molecule has 2 atom stereocenters. The largest absolute Gasteiger partial charge is 0.489 e. The molecule has 0 bridgehead atoms. The van der Waals surface area contributed by atoms with E-state index < -0.39 is 0 Å². The van der Waals surface area contributed by atoms with E-state index in [-0.39, 0.29) is 24.0 Å². The summed E-state index contributed by atoms with van der Waals surface area (Å²) in [7, 11) is 0. The zero-order valence-corrected chi connectivity index (χ0v) is 15.8. The Hall–Kier alpha value is -2.38. The topological polar surface area (TPSA) is 70.7 Å². The molecule has 0 unspecified atom stereocenters. The van der Waals surface area contributed by atoms with Gasteiger partial charge in [-0.2, -0.15) is 0 Å². The van der Waals surface area contributed by atoms with E-state index in [1.54, 1.807) is 12.1 Å². The maximum absolute atomic E-state index is 12.5. The lowest BCUT2D eigenvalue weighted by Crippen LogP contribution is -2.35. The van der Waals surface area contributed by atoms with E-state index in [9.17, 15) is 9.59 Å². The predicted molar refractivity (Wildman–Crippen MR) is 105 cm³/mol. The van der Waals surface area contributed by atoms with E-state index >= 15 is 0 Å². The molecule has 2 aliphatic heterocycles. The number of rotatable bonds is 5. The van der Waals surface area contributed by atoms with Gasteiger partial charge in [-0.05, 0) is 37.1 Å². The third kappa shape index (κ3) is 4.31. The van der Waals surface area contributed by atoms with Crippen molar-refractivity contribution in [3.8, 4) is 5.75 Å². The summed E-state index contributed by atoms with van der Waals surface area (Å²) in [6, 6.07) is 12.9. The molecule has 0 radical (unpaired) electrons. The molecule has 0 saturated carbocycles. The lowest BCUT2D eigenvalue weighted by Gasteiger charge is -2.13. The molecule has 0 aliphatic carbocycles. The second-order valence-corrected chi connectivity index (χ2v) is 7.99. The Morgan fingerprint density at radius 3 is 2.67 bits per heavy atom. The number of carbonyl (C=O) groups is 2. The van der Waals surface area contributed by atoms with E-state index in [1.807, 2.05) is 35.2 Å². The number of nitrogens with one attached hydrogen (secondary N) is 2. The number of benzene rings is 1. The molecule has 2 aromatic rings. The van der Waals surface area contributed by atoms with Crippen LogP contribution in [-0.2, 0) is 4.79 Å². The molecule has 6 nitrogen and oxygen atoms in total. The quantitative estimate of drug-likeness (QED) is 0.830. The van der Waals surface area contributed by atoms with Gasteiger partial charge in [-0.1, -0.05) is 18.2 Å². The fraction of sp³-hybridized carbons (Fsp3) is 0.400. The van der Waals surface area contributed by atoms with Crippen molar-refractivity contribution in [2.75, 3.05) is 25.0 Å². The average Bonchev–Trinajstić information content (AvgIpc) is 3.44. The van der Waals surface area contributed by atoms with Gasteiger partial charge in [0.2, 0.25) is 5.91 Å². The van der Waals surface area contributed by atoms with Gasteiger partial charge in [-0.15, -0.1) is 11.3 Å². The van der Waals surface area contributed by atoms with Gasteiger partial charge in [0.15, 0.2) is 0 Å². The van der Waals surface area contributed by atoms with Crippen molar-refractivity contribution >= 4 is 28.2 Å². The van der Waals surface area contributed by atoms with Crippen molar-refractivity contribution in [1.29, 1.82) is 0 Å². The molecule has 7 heteroatoms. The Morgan fingerprint density at radius 1 is 1.11 bits per heavy atom. The standard InChI is InChI=1S/C20H23N3O3S/c24-19(16-12-15(13-21-16)26-14-6-2-1-3-7-14)22-18-9-8-17(27-18)20(25)23-10-4-5-11-23/h1-3,6-9,15-16,21H,4-5,10-13H2,(H,22,24)/t15-,16-/m0/s1. The molecule has 2 N–H and O–H groups in total. The van der Waals surface area contributed by atoms with Crippen LogP contribution in [0, 0.1) is 0 Å². The molecular formula is C20H23N3O3S. The Morgan fingerprint density at radius 2 is 1.89 bits per heavy atom. The van der Waals surface area contributed by atoms with Crippen molar-refractivity contribution in [3.63, 3.8) is 0 Å². The highest BCUT2D eigenvalue weighted by Crippen LogP contribution is 2.25. The first-order valence-corrected chi connectivity index (χ1v) is 10.2. The highest BCUT2D eigenvalue weighted by Gasteiger charge is 2.31. The molecular weight excluding hydrogens is 362 g/mol. The fourth-order valence-electron chi connectivity index (χ4n) is 3.49. The summed E-state index contributed by atoms with van der Waals surface area (Å²) in [6.07, 6.45) is 2.73. The van der Waals surface area contributed by atoms with Crippen LogP contribution >= 0.6 is 11.3 Å². The van der Waals surface area contributed by atoms with E-state index in [0.717, 1.165) is 31.7 Å². The number of nitrogens with zero attached hydrogens (tertiary/aromatic N) is 1.